The van der Waals surface area contributed by atoms with Crippen molar-refractivity contribution in [1.29, 1.82) is 0 Å². The average Bonchev–Trinajstić information content (AvgIpc) is 2.65. The van der Waals surface area contributed by atoms with Gasteiger partial charge in [0.05, 0.1) is 18.8 Å². The van der Waals surface area contributed by atoms with Crippen LogP contribution in [0.15, 0.2) is 23.2 Å². The van der Waals surface area contributed by atoms with Gasteiger partial charge >= 0.3 is 0 Å². The van der Waals surface area contributed by atoms with Crippen molar-refractivity contribution < 1.29 is 13.9 Å². The summed E-state index contributed by atoms with van der Waals surface area (Å²) in [4.78, 5) is 6.45. The number of nitrogens with zero attached hydrogens (tertiary/aromatic N) is 2. The van der Waals surface area contributed by atoms with E-state index in [4.69, 9.17) is 21.1 Å². The van der Waals surface area contributed by atoms with E-state index in [1.807, 2.05) is 6.92 Å². The van der Waals surface area contributed by atoms with Crippen molar-refractivity contribution in [3.05, 3.63) is 34.6 Å². The Bertz CT molecular complexity index is 597. The Labute approximate surface area is 166 Å². The molecule has 0 saturated carbocycles. The molecule has 2 N–H and O–H groups in total. The zero-order valence-corrected chi connectivity index (χ0v) is 17.1. The number of rotatable bonds is 8. The minimum atomic E-state index is -0.295. The number of guanidine groups is 1. The van der Waals surface area contributed by atoms with E-state index in [1.54, 1.807) is 26.3 Å². The maximum Gasteiger partial charge on any atom is 0.191 e. The number of ether oxygens (including phenoxy) is 2. The van der Waals surface area contributed by atoms with Gasteiger partial charge in [0, 0.05) is 57.5 Å². The molecule has 0 spiro atoms. The summed E-state index contributed by atoms with van der Waals surface area (Å²) in [7, 11) is 3.40. The molecule has 1 aromatic carbocycles. The molecule has 0 amide bonds. The molecule has 1 aliphatic heterocycles. The van der Waals surface area contributed by atoms with Gasteiger partial charge < -0.3 is 20.1 Å². The summed E-state index contributed by atoms with van der Waals surface area (Å²) < 4.78 is 25.3. The lowest BCUT2D eigenvalue weighted by Crippen LogP contribution is -2.48. The van der Waals surface area contributed by atoms with E-state index < -0.39 is 0 Å². The summed E-state index contributed by atoms with van der Waals surface area (Å²) in [5.41, 5.74) is 0.510. The highest BCUT2D eigenvalue weighted by atomic mass is 35.5. The number of benzene rings is 1. The number of hydrogen-bond donors (Lipinski definition) is 2. The van der Waals surface area contributed by atoms with E-state index in [2.05, 4.69) is 20.5 Å². The molecule has 2 atom stereocenters. The van der Waals surface area contributed by atoms with Gasteiger partial charge in [-0.1, -0.05) is 17.7 Å². The molecule has 1 saturated heterocycles. The first-order valence-corrected chi connectivity index (χ1v) is 9.67. The molecule has 8 heteroatoms. The summed E-state index contributed by atoms with van der Waals surface area (Å²) in [6.07, 6.45) is 0.971. The minimum absolute atomic E-state index is 0.0956. The predicted molar refractivity (Wildman–Crippen MR) is 107 cm³/mol. The number of aliphatic imine (C=N–C) groups is 1. The second-order valence-electron chi connectivity index (χ2n) is 6.55. The van der Waals surface area contributed by atoms with Crippen molar-refractivity contribution in [3.63, 3.8) is 0 Å². The SMILES string of the molecule is CN=C(NCCCOC)NCC(c1c(F)cccc1Cl)N1CCOC(C)C1. The Balaban J connectivity index is 2.10. The second-order valence-corrected chi connectivity index (χ2v) is 6.96. The monoisotopic (exact) mass is 400 g/mol. The molecule has 2 rings (SSSR count). The molecular weight excluding hydrogens is 371 g/mol. The molecule has 1 aromatic rings. The van der Waals surface area contributed by atoms with Crippen LogP contribution in [0.25, 0.3) is 0 Å². The van der Waals surface area contributed by atoms with Crippen molar-refractivity contribution >= 4 is 17.6 Å². The molecule has 0 radical (unpaired) electrons. The summed E-state index contributed by atoms with van der Waals surface area (Å²) in [6, 6.07) is 4.59. The standard InChI is InChI=1S/C19H30ClFN4O2/c1-14-13-25(9-11-27-14)17(18-15(20)6-4-7-16(18)21)12-24-19(22-2)23-8-5-10-26-3/h4,6-7,14,17H,5,8-13H2,1-3H3,(H2,22,23,24). The zero-order chi connectivity index (χ0) is 19.6. The molecule has 1 fully saturated rings. The van der Waals surface area contributed by atoms with E-state index in [1.165, 1.54) is 6.07 Å². The lowest BCUT2D eigenvalue weighted by atomic mass is 10.0. The topological polar surface area (TPSA) is 58.1 Å². The Morgan fingerprint density at radius 3 is 2.96 bits per heavy atom. The highest BCUT2D eigenvalue weighted by molar-refractivity contribution is 6.31. The summed E-state index contributed by atoms with van der Waals surface area (Å²) in [5, 5.41) is 6.98. The van der Waals surface area contributed by atoms with Gasteiger partial charge in [-0.2, -0.15) is 0 Å². The van der Waals surface area contributed by atoms with Gasteiger partial charge in [-0.25, -0.2) is 4.39 Å². The Kier molecular flexibility index (Phi) is 9.27. The van der Waals surface area contributed by atoms with Crippen molar-refractivity contribution in [3.8, 4) is 0 Å². The highest BCUT2D eigenvalue weighted by Crippen LogP contribution is 2.31. The smallest absolute Gasteiger partial charge is 0.191 e. The summed E-state index contributed by atoms with van der Waals surface area (Å²) in [5.74, 6) is 0.376. The van der Waals surface area contributed by atoms with Crippen LogP contribution in [-0.2, 0) is 9.47 Å². The predicted octanol–water partition coefficient (Wildman–Crippen LogP) is 2.44. The minimum Gasteiger partial charge on any atom is -0.385 e. The third-order valence-electron chi connectivity index (χ3n) is 4.55. The molecule has 1 heterocycles. The maximum atomic E-state index is 14.6. The van der Waals surface area contributed by atoms with Crippen LogP contribution in [0, 0.1) is 5.82 Å². The number of methoxy groups -OCH3 is 1. The molecule has 0 bridgehead atoms. The van der Waals surface area contributed by atoms with E-state index in [9.17, 15) is 4.39 Å². The van der Waals surface area contributed by atoms with Crippen molar-refractivity contribution in [1.82, 2.24) is 15.5 Å². The zero-order valence-electron chi connectivity index (χ0n) is 16.3. The lowest BCUT2D eigenvalue weighted by Gasteiger charge is -2.38. The van der Waals surface area contributed by atoms with Gasteiger partial charge in [0.2, 0.25) is 0 Å². The Morgan fingerprint density at radius 2 is 2.30 bits per heavy atom. The largest absolute Gasteiger partial charge is 0.385 e. The van der Waals surface area contributed by atoms with Gasteiger partial charge in [-0.05, 0) is 25.5 Å². The van der Waals surface area contributed by atoms with Crippen LogP contribution in [0.2, 0.25) is 5.02 Å². The summed E-state index contributed by atoms with van der Waals surface area (Å²) >= 11 is 6.36. The molecular formula is C19H30ClFN4O2. The van der Waals surface area contributed by atoms with E-state index in [0.29, 0.717) is 36.3 Å². The van der Waals surface area contributed by atoms with E-state index in [0.717, 1.165) is 26.1 Å². The fraction of sp³-hybridized carbons (Fsp3) is 0.632. The normalized spacial score (nSPS) is 19.7. The van der Waals surface area contributed by atoms with Crippen LogP contribution in [0.4, 0.5) is 4.39 Å². The summed E-state index contributed by atoms with van der Waals surface area (Å²) in [6.45, 7) is 6.00. The molecule has 27 heavy (non-hydrogen) atoms. The Morgan fingerprint density at radius 1 is 1.48 bits per heavy atom. The average molecular weight is 401 g/mol. The van der Waals surface area contributed by atoms with Crippen molar-refractivity contribution in [2.45, 2.75) is 25.5 Å². The van der Waals surface area contributed by atoms with E-state index >= 15 is 0 Å². The third-order valence-corrected chi connectivity index (χ3v) is 4.88. The lowest BCUT2D eigenvalue weighted by molar-refractivity contribution is -0.0343. The first-order chi connectivity index (χ1) is 13.1. The third kappa shape index (κ3) is 6.60. The second kappa shape index (κ2) is 11.4. The number of hydrogen-bond acceptors (Lipinski definition) is 4. The van der Waals surface area contributed by atoms with Crippen LogP contribution in [0.1, 0.15) is 24.9 Å². The molecule has 0 aliphatic carbocycles. The Hall–Kier alpha value is -1.41. The van der Waals surface area contributed by atoms with Crippen LogP contribution >= 0.6 is 11.6 Å². The van der Waals surface area contributed by atoms with Crippen molar-refractivity contribution in [2.24, 2.45) is 4.99 Å². The van der Waals surface area contributed by atoms with Gasteiger partial charge in [0.15, 0.2) is 5.96 Å². The number of morpholine rings is 1. The van der Waals surface area contributed by atoms with Crippen LogP contribution in [0.5, 0.6) is 0 Å². The first kappa shape index (κ1) is 21.9. The van der Waals surface area contributed by atoms with Gasteiger partial charge in [-0.15, -0.1) is 0 Å². The van der Waals surface area contributed by atoms with Gasteiger partial charge in [0.25, 0.3) is 0 Å². The van der Waals surface area contributed by atoms with Crippen LogP contribution in [-0.4, -0.2) is 70.5 Å². The fourth-order valence-electron chi connectivity index (χ4n) is 3.21. The van der Waals surface area contributed by atoms with Gasteiger partial charge in [-0.3, -0.25) is 9.89 Å². The molecule has 0 aromatic heterocycles. The van der Waals surface area contributed by atoms with Crippen molar-refractivity contribution in [2.75, 3.05) is 53.6 Å². The number of halogens is 2. The molecule has 6 nitrogen and oxygen atoms in total. The highest BCUT2D eigenvalue weighted by Gasteiger charge is 2.29. The number of nitrogens with one attached hydrogen (secondary N) is 2. The van der Waals surface area contributed by atoms with Gasteiger partial charge in [0.1, 0.15) is 5.82 Å². The molecule has 2 unspecified atom stereocenters. The first-order valence-electron chi connectivity index (χ1n) is 9.29. The molecule has 1 aliphatic rings. The van der Waals surface area contributed by atoms with E-state index in [-0.39, 0.29) is 18.0 Å². The maximum absolute atomic E-state index is 14.6. The molecule has 152 valence electrons. The fourth-order valence-corrected chi connectivity index (χ4v) is 3.50. The van der Waals surface area contributed by atoms with Crippen LogP contribution < -0.4 is 10.6 Å². The van der Waals surface area contributed by atoms with Crippen LogP contribution in [0.3, 0.4) is 0 Å². The quantitative estimate of drug-likeness (QED) is 0.399.